The van der Waals surface area contributed by atoms with Gasteiger partial charge >= 0.3 is 6.09 Å². The molecule has 0 aromatic carbocycles. The van der Waals surface area contributed by atoms with Crippen molar-refractivity contribution >= 4 is 6.09 Å². The molecule has 3 N–H and O–H groups in total. The Morgan fingerprint density at radius 3 is 2.72 bits per heavy atom. The molecule has 2 fully saturated rings. The lowest BCUT2D eigenvalue weighted by Crippen LogP contribution is -2.53. The Kier molecular flexibility index (Phi) is 7.15. The van der Waals surface area contributed by atoms with Crippen LogP contribution in [0.5, 0.6) is 0 Å². The topological polar surface area (TPSA) is 67.6 Å². The van der Waals surface area contributed by atoms with Gasteiger partial charge in [-0.25, -0.2) is 4.79 Å². The maximum atomic E-state index is 12.5. The Morgan fingerprint density at radius 1 is 1.32 bits per heavy atom. The summed E-state index contributed by atoms with van der Waals surface area (Å²) in [6.07, 6.45) is 8.16. The molecule has 3 unspecified atom stereocenters. The van der Waals surface area contributed by atoms with E-state index in [0.29, 0.717) is 12.0 Å². The van der Waals surface area contributed by atoms with E-state index in [1.807, 2.05) is 25.7 Å². The van der Waals surface area contributed by atoms with Gasteiger partial charge in [0.15, 0.2) is 0 Å². The van der Waals surface area contributed by atoms with Crippen molar-refractivity contribution < 1.29 is 9.53 Å². The standard InChI is InChI=1S/C20H39N3O2/c1-5-10-20(14-22-17-9-6-8-16(17)13-21)11-7-12-23(15-20)18(24)25-19(2,3)4/h16-17,22H,5-15,21H2,1-4H3. The zero-order chi connectivity index (χ0) is 18.5. The van der Waals surface area contributed by atoms with Gasteiger partial charge in [-0.2, -0.15) is 0 Å². The van der Waals surface area contributed by atoms with Crippen molar-refractivity contribution in [2.45, 2.75) is 84.3 Å². The molecule has 146 valence electrons. The third-order valence-corrected chi connectivity index (χ3v) is 5.79. The normalized spacial score (nSPS) is 30.5. The molecule has 1 amide bonds. The number of hydrogen-bond acceptors (Lipinski definition) is 4. The van der Waals surface area contributed by atoms with Crippen molar-refractivity contribution in [1.29, 1.82) is 0 Å². The van der Waals surface area contributed by atoms with Crippen LogP contribution in [0.15, 0.2) is 0 Å². The third-order valence-electron chi connectivity index (χ3n) is 5.79. The first-order valence-electron chi connectivity index (χ1n) is 10.2. The number of amides is 1. The van der Waals surface area contributed by atoms with Crippen LogP contribution in [0.25, 0.3) is 0 Å². The highest BCUT2D eigenvalue weighted by Gasteiger charge is 2.39. The summed E-state index contributed by atoms with van der Waals surface area (Å²) in [7, 11) is 0. The Labute approximate surface area is 154 Å². The van der Waals surface area contributed by atoms with Crippen LogP contribution in [0, 0.1) is 11.3 Å². The van der Waals surface area contributed by atoms with Gasteiger partial charge in [-0.3, -0.25) is 0 Å². The lowest BCUT2D eigenvalue weighted by atomic mass is 9.76. The molecule has 2 aliphatic rings. The quantitative estimate of drug-likeness (QED) is 0.767. The lowest BCUT2D eigenvalue weighted by molar-refractivity contribution is 0.00179. The van der Waals surface area contributed by atoms with Gasteiger partial charge in [0.2, 0.25) is 0 Å². The van der Waals surface area contributed by atoms with E-state index in [4.69, 9.17) is 10.5 Å². The molecular weight excluding hydrogens is 314 g/mol. The van der Waals surface area contributed by atoms with Crippen molar-refractivity contribution in [3.63, 3.8) is 0 Å². The van der Waals surface area contributed by atoms with Crippen molar-refractivity contribution in [2.75, 3.05) is 26.2 Å². The fraction of sp³-hybridized carbons (Fsp3) is 0.950. The summed E-state index contributed by atoms with van der Waals surface area (Å²) in [5.41, 5.74) is 5.68. The Hall–Kier alpha value is -0.810. The first kappa shape index (κ1) is 20.5. The molecule has 0 aromatic rings. The monoisotopic (exact) mass is 353 g/mol. The predicted octanol–water partition coefficient (Wildman–Crippen LogP) is 3.52. The summed E-state index contributed by atoms with van der Waals surface area (Å²) in [5, 5.41) is 3.83. The number of piperidine rings is 1. The zero-order valence-corrected chi connectivity index (χ0v) is 16.8. The third kappa shape index (κ3) is 5.85. The molecule has 1 saturated carbocycles. The van der Waals surface area contributed by atoms with Gasteiger partial charge in [-0.1, -0.05) is 19.8 Å². The van der Waals surface area contributed by atoms with Crippen LogP contribution < -0.4 is 11.1 Å². The van der Waals surface area contributed by atoms with Gasteiger partial charge in [0, 0.05) is 31.1 Å². The number of nitrogens with two attached hydrogens (primary N) is 1. The highest BCUT2D eigenvalue weighted by Crippen LogP contribution is 2.36. The summed E-state index contributed by atoms with van der Waals surface area (Å²) < 4.78 is 5.61. The van der Waals surface area contributed by atoms with Gasteiger partial charge in [0.1, 0.15) is 5.60 Å². The number of nitrogens with zero attached hydrogens (tertiary/aromatic N) is 1. The molecule has 0 spiro atoms. The smallest absolute Gasteiger partial charge is 0.410 e. The van der Waals surface area contributed by atoms with Crippen LogP contribution >= 0.6 is 0 Å². The van der Waals surface area contributed by atoms with E-state index >= 15 is 0 Å². The zero-order valence-electron chi connectivity index (χ0n) is 16.8. The molecule has 1 aliphatic carbocycles. The van der Waals surface area contributed by atoms with Crippen LogP contribution in [-0.2, 0) is 4.74 Å². The van der Waals surface area contributed by atoms with E-state index in [0.717, 1.165) is 45.4 Å². The summed E-state index contributed by atoms with van der Waals surface area (Å²) >= 11 is 0. The number of carbonyl (C=O) groups excluding carboxylic acids is 1. The maximum Gasteiger partial charge on any atom is 0.410 e. The van der Waals surface area contributed by atoms with Crippen LogP contribution in [0.1, 0.15) is 72.6 Å². The van der Waals surface area contributed by atoms with Crippen LogP contribution in [0.2, 0.25) is 0 Å². The van der Waals surface area contributed by atoms with Gasteiger partial charge < -0.3 is 20.7 Å². The number of ether oxygens (including phenoxy) is 1. The van der Waals surface area contributed by atoms with Crippen molar-refractivity contribution in [3.05, 3.63) is 0 Å². The molecule has 1 aliphatic heterocycles. The second-order valence-corrected chi connectivity index (χ2v) is 9.17. The molecule has 5 nitrogen and oxygen atoms in total. The number of likely N-dealkylation sites (tertiary alicyclic amines) is 1. The van der Waals surface area contributed by atoms with Gasteiger partial charge in [0.25, 0.3) is 0 Å². The molecule has 2 rings (SSSR count). The predicted molar refractivity (Wildman–Crippen MR) is 103 cm³/mol. The minimum atomic E-state index is -0.432. The van der Waals surface area contributed by atoms with Crippen molar-refractivity contribution in [2.24, 2.45) is 17.1 Å². The van der Waals surface area contributed by atoms with E-state index in [1.54, 1.807) is 0 Å². The highest BCUT2D eigenvalue weighted by atomic mass is 16.6. The summed E-state index contributed by atoms with van der Waals surface area (Å²) in [6.45, 7) is 11.4. The molecule has 1 saturated heterocycles. The number of nitrogens with one attached hydrogen (secondary N) is 1. The minimum absolute atomic E-state index is 0.159. The SMILES string of the molecule is CCCC1(CNC2CCCC2CN)CCCN(C(=O)OC(C)(C)C)C1. The van der Waals surface area contributed by atoms with E-state index in [2.05, 4.69) is 12.2 Å². The average molecular weight is 354 g/mol. The lowest BCUT2D eigenvalue weighted by Gasteiger charge is -2.44. The molecular formula is C20H39N3O2. The highest BCUT2D eigenvalue weighted by molar-refractivity contribution is 5.68. The fourth-order valence-corrected chi connectivity index (χ4v) is 4.59. The molecule has 1 heterocycles. The summed E-state index contributed by atoms with van der Waals surface area (Å²) in [6, 6.07) is 0.552. The second-order valence-electron chi connectivity index (χ2n) is 9.17. The molecule has 0 radical (unpaired) electrons. The van der Waals surface area contributed by atoms with Crippen LogP contribution in [-0.4, -0.2) is 48.8 Å². The molecule has 0 aromatic heterocycles. The van der Waals surface area contributed by atoms with Crippen LogP contribution in [0.4, 0.5) is 4.79 Å². The first-order valence-corrected chi connectivity index (χ1v) is 10.2. The van der Waals surface area contributed by atoms with E-state index < -0.39 is 5.60 Å². The molecule has 25 heavy (non-hydrogen) atoms. The number of rotatable bonds is 6. The number of hydrogen-bond donors (Lipinski definition) is 2. The fourth-order valence-electron chi connectivity index (χ4n) is 4.59. The van der Waals surface area contributed by atoms with E-state index in [-0.39, 0.29) is 11.5 Å². The molecule has 3 atom stereocenters. The van der Waals surface area contributed by atoms with Gasteiger partial charge in [-0.15, -0.1) is 0 Å². The number of carbonyl (C=O) groups is 1. The Bertz CT molecular complexity index is 431. The van der Waals surface area contributed by atoms with E-state index in [9.17, 15) is 4.79 Å². The largest absolute Gasteiger partial charge is 0.444 e. The Morgan fingerprint density at radius 2 is 2.08 bits per heavy atom. The maximum absolute atomic E-state index is 12.5. The minimum Gasteiger partial charge on any atom is -0.444 e. The average Bonchev–Trinajstić information content (AvgIpc) is 2.99. The Balaban J connectivity index is 1.98. The van der Waals surface area contributed by atoms with E-state index in [1.165, 1.54) is 25.7 Å². The molecule has 0 bridgehead atoms. The molecule has 5 heteroatoms. The van der Waals surface area contributed by atoms with Gasteiger partial charge in [0.05, 0.1) is 0 Å². The van der Waals surface area contributed by atoms with Crippen molar-refractivity contribution in [1.82, 2.24) is 10.2 Å². The van der Waals surface area contributed by atoms with Crippen LogP contribution in [0.3, 0.4) is 0 Å². The first-order chi connectivity index (χ1) is 11.8. The summed E-state index contributed by atoms with van der Waals surface area (Å²) in [5.74, 6) is 0.615. The van der Waals surface area contributed by atoms with Gasteiger partial charge in [-0.05, 0) is 65.3 Å². The van der Waals surface area contributed by atoms with Crippen molar-refractivity contribution in [3.8, 4) is 0 Å². The summed E-state index contributed by atoms with van der Waals surface area (Å²) in [4.78, 5) is 14.5. The second kappa shape index (κ2) is 8.72.